The summed E-state index contributed by atoms with van der Waals surface area (Å²) in [7, 11) is -4.43. The molecule has 184 valence electrons. The predicted octanol–water partition coefficient (Wildman–Crippen LogP) is 3.77. The van der Waals surface area contributed by atoms with Gasteiger partial charge in [-0.15, -0.1) is 0 Å². The summed E-state index contributed by atoms with van der Waals surface area (Å²) in [5.74, 6) is -0.0364. The normalized spacial score (nSPS) is 18.3. The number of rotatable bonds is 6. The monoisotopic (exact) mass is 506 g/mol. The van der Waals surface area contributed by atoms with Crippen molar-refractivity contribution in [2.75, 3.05) is 17.8 Å². The minimum atomic E-state index is -4.71. The number of anilines is 1. The molecule has 0 bridgehead atoms. The predicted molar refractivity (Wildman–Crippen MR) is 121 cm³/mol. The van der Waals surface area contributed by atoms with Gasteiger partial charge in [-0.3, -0.25) is 9.52 Å². The molecule has 0 radical (unpaired) electrons. The Balaban J connectivity index is 1.54. The van der Waals surface area contributed by atoms with Crippen molar-refractivity contribution in [3.05, 3.63) is 90.0 Å². The number of aliphatic hydroxyl groups excluding tert-OH is 1. The fourth-order valence-electron chi connectivity index (χ4n) is 3.68. The lowest BCUT2D eigenvalue weighted by Crippen LogP contribution is -2.32. The number of ether oxygens (including phenoxy) is 1. The van der Waals surface area contributed by atoms with Gasteiger partial charge in [0.05, 0.1) is 34.8 Å². The number of β-amino-alcohol motifs (C(OH)–C–C–N with tert-alkyl or cyclic N) is 1. The number of carbonyl (C=O) groups excluding carboxylic acids is 1. The zero-order valence-corrected chi connectivity index (χ0v) is 19.0. The molecule has 0 spiro atoms. The number of halogens is 3. The average Bonchev–Trinajstić information content (AvgIpc) is 3.19. The van der Waals surface area contributed by atoms with E-state index in [4.69, 9.17) is 4.74 Å². The number of amides is 1. The number of benzene rings is 3. The molecule has 11 heteroatoms. The van der Waals surface area contributed by atoms with Crippen LogP contribution in [0.2, 0.25) is 0 Å². The lowest BCUT2D eigenvalue weighted by atomic mass is 10.1. The molecule has 7 nitrogen and oxygen atoms in total. The van der Waals surface area contributed by atoms with E-state index < -0.39 is 44.8 Å². The van der Waals surface area contributed by atoms with Gasteiger partial charge in [-0.1, -0.05) is 36.4 Å². The molecule has 4 rings (SSSR count). The highest BCUT2D eigenvalue weighted by molar-refractivity contribution is 7.92. The fourth-order valence-corrected chi connectivity index (χ4v) is 4.81. The smallest absolute Gasteiger partial charge is 0.416 e. The first kappa shape index (κ1) is 24.6. The molecule has 1 heterocycles. The van der Waals surface area contributed by atoms with Crippen molar-refractivity contribution in [2.24, 2.45) is 0 Å². The van der Waals surface area contributed by atoms with Crippen molar-refractivity contribution in [2.45, 2.75) is 23.3 Å². The van der Waals surface area contributed by atoms with E-state index >= 15 is 0 Å². The fraction of sp³-hybridized carbons (Fsp3) is 0.208. The summed E-state index contributed by atoms with van der Waals surface area (Å²) in [5, 5.41) is 10.4. The number of para-hydroxylation sites is 2. The van der Waals surface area contributed by atoms with E-state index in [2.05, 4.69) is 4.72 Å². The summed E-state index contributed by atoms with van der Waals surface area (Å²) in [6.07, 6.45) is -6.36. The van der Waals surface area contributed by atoms with Crippen molar-refractivity contribution < 1.29 is 36.2 Å². The van der Waals surface area contributed by atoms with Crippen LogP contribution in [0.3, 0.4) is 0 Å². The molecule has 1 aliphatic rings. The summed E-state index contributed by atoms with van der Waals surface area (Å²) >= 11 is 0. The first-order valence-electron chi connectivity index (χ1n) is 10.5. The quantitative estimate of drug-likeness (QED) is 0.531. The summed E-state index contributed by atoms with van der Waals surface area (Å²) in [6, 6.07) is 17.8. The summed E-state index contributed by atoms with van der Waals surface area (Å²) in [5.41, 5.74) is -1.23. The van der Waals surface area contributed by atoms with Crippen LogP contribution in [0.25, 0.3) is 0 Å². The molecule has 2 N–H and O–H groups in total. The van der Waals surface area contributed by atoms with Crippen LogP contribution < -0.4 is 9.46 Å². The van der Waals surface area contributed by atoms with Crippen molar-refractivity contribution >= 4 is 21.6 Å². The molecule has 1 saturated heterocycles. The maximum absolute atomic E-state index is 13.2. The third-order valence-electron chi connectivity index (χ3n) is 5.43. The van der Waals surface area contributed by atoms with Crippen LogP contribution in [0.1, 0.15) is 15.9 Å². The topological polar surface area (TPSA) is 95.9 Å². The minimum Gasteiger partial charge on any atom is -0.486 e. The summed E-state index contributed by atoms with van der Waals surface area (Å²) in [6.45, 7) is 0.0225. The minimum absolute atomic E-state index is 0.0180. The SMILES string of the molecule is O=C(c1ccccc1NS(=O)(=O)c1cccc(C(F)(F)F)c1)N1C[C@@H](O)[C@H](Oc2ccccc2)C1. The molecule has 3 aromatic carbocycles. The molecule has 2 atom stereocenters. The standard InChI is InChI=1S/C24H21F3N2O5S/c25-24(26,27)16-7-6-10-18(13-16)35(32,33)28-20-12-5-4-11-19(20)23(31)29-14-21(30)22(15-29)34-17-8-2-1-3-9-17/h1-13,21-22,28,30H,14-15H2/t21-,22-/m1/s1. The van der Waals surface area contributed by atoms with Gasteiger partial charge in [0.1, 0.15) is 18.0 Å². The highest BCUT2D eigenvalue weighted by Crippen LogP contribution is 2.31. The second-order valence-electron chi connectivity index (χ2n) is 7.92. The number of nitrogens with zero attached hydrogens (tertiary/aromatic N) is 1. The first-order chi connectivity index (χ1) is 16.5. The second kappa shape index (κ2) is 9.59. The highest BCUT2D eigenvalue weighted by Gasteiger charge is 2.37. The summed E-state index contributed by atoms with van der Waals surface area (Å²) in [4.78, 5) is 13.9. The van der Waals surface area contributed by atoms with Gasteiger partial charge in [-0.2, -0.15) is 13.2 Å². The number of aliphatic hydroxyl groups is 1. The lowest BCUT2D eigenvalue weighted by Gasteiger charge is -2.19. The Hall–Kier alpha value is -3.57. The molecule has 35 heavy (non-hydrogen) atoms. The van der Waals surface area contributed by atoms with E-state index in [1.165, 1.54) is 29.2 Å². The van der Waals surface area contributed by atoms with Gasteiger partial charge in [0.15, 0.2) is 0 Å². The van der Waals surface area contributed by atoms with Crippen LogP contribution in [0, 0.1) is 0 Å². The van der Waals surface area contributed by atoms with E-state index in [0.717, 1.165) is 18.2 Å². The molecular formula is C24H21F3N2O5S. The van der Waals surface area contributed by atoms with Crippen LogP contribution in [-0.4, -0.2) is 49.6 Å². The van der Waals surface area contributed by atoms with Crippen LogP contribution in [0.15, 0.2) is 83.8 Å². The van der Waals surface area contributed by atoms with E-state index in [-0.39, 0.29) is 24.3 Å². The Kier molecular flexibility index (Phi) is 6.73. The Labute approximate surface area is 199 Å². The number of nitrogens with one attached hydrogen (secondary N) is 1. The Morgan fingerprint density at radius 1 is 0.971 bits per heavy atom. The molecule has 1 amide bonds. The van der Waals surface area contributed by atoms with Gasteiger partial charge in [-0.05, 0) is 42.5 Å². The molecule has 0 aromatic heterocycles. The van der Waals surface area contributed by atoms with E-state index in [0.29, 0.717) is 11.8 Å². The molecule has 0 saturated carbocycles. The zero-order chi connectivity index (χ0) is 25.2. The number of likely N-dealkylation sites (tertiary alicyclic amines) is 1. The molecular weight excluding hydrogens is 485 g/mol. The van der Waals surface area contributed by atoms with Crippen LogP contribution in [-0.2, 0) is 16.2 Å². The number of hydrogen-bond acceptors (Lipinski definition) is 5. The Bertz CT molecular complexity index is 1320. The molecule has 0 aliphatic carbocycles. The zero-order valence-electron chi connectivity index (χ0n) is 18.1. The number of carbonyl (C=O) groups is 1. The van der Waals surface area contributed by atoms with Gasteiger partial charge in [0, 0.05) is 0 Å². The van der Waals surface area contributed by atoms with Crippen LogP contribution in [0.4, 0.5) is 18.9 Å². The van der Waals surface area contributed by atoms with Crippen molar-refractivity contribution in [3.8, 4) is 5.75 Å². The number of hydrogen-bond donors (Lipinski definition) is 2. The first-order valence-corrected chi connectivity index (χ1v) is 12.0. The number of alkyl halides is 3. The number of sulfonamides is 1. The molecule has 1 fully saturated rings. The van der Waals surface area contributed by atoms with Gasteiger partial charge >= 0.3 is 6.18 Å². The Morgan fingerprint density at radius 2 is 1.66 bits per heavy atom. The third-order valence-corrected chi connectivity index (χ3v) is 6.79. The van der Waals surface area contributed by atoms with Crippen molar-refractivity contribution in [1.29, 1.82) is 0 Å². The van der Waals surface area contributed by atoms with E-state index in [1.54, 1.807) is 24.3 Å². The van der Waals surface area contributed by atoms with Crippen molar-refractivity contribution in [1.82, 2.24) is 4.90 Å². The molecule has 3 aromatic rings. The maximum Gasteiger partial charge on any atom is 0.416 e. The maximum atomic E-state index is 13.2. The molecule has 1 aliphatic heterocycles. The van der Waals surface area contributed by atoms with Gasteiger partial charge in [0.2, 0.25) is 0 Å². The largest absolute Gasteiger partial charge is 0.486 e. The lowest BCUT2D eigenvalue weighted by molar-refractivity contribution is -0.137. The van der Waals surface area contributed by atoms with Crippen molar-refractivity contribution in [3.63, 3.8) is 0 Å². The van der Waals surface area contributed by atoms with Crippen LogP contribution in [0.5, 0.6) is 5.75 Å². The second-order valence-corrected chi connectivity index (χ2v) is 9.61. The van der Waals surface area contributed by atoms with E-state index in [1.807, 2.05) is 6.07 Å². The summed E-state index contributed by atoms with van der Waals surface area (Å²) < 4.78 is 72.7. The average molecular weight is 507 g/mol. The Morgan fingerprint density at radius 3 is 2.37 bits per heavy atom. The highest BCUT2D eigenvalue weighted by atomic mass is 32.2. The molecule has 0 unspecified atom stereocenters. The third kappa shape index (κ3) is 5.57. The van der Waals surface area contributed by atoms with Gasteiger partial charge in [-0.25, -0.2) is 8.42 Å². The van der Waals surface area contributed by atoms with Gasteiger partial charge in [0.25, 0.3) is 15.9 Å². The van der Waals surface area contributed by atoms with Crippen LogP contribution >= 0.6 is 0 Å². The van der Waals surface area contributed by atoms with Gasteiger partial charge < -0.3 is 14.7 Å². The van der Waals surface area contributed by atoms with E-state index in [9.17, 15) is 31.5 Å².